The summed E-state index contributed by atoms with van der Waals surface area (Å²) >= 11 is 0. The molecule has 3 unspecified atom stereocenters. The van der Waals surface area contributed by atoms with Crippen LogP contribution in [-0.2, 0) is 0 Å². The predicted octanol–water partition coefficient (Wildman–Crippen LogP) is 2.85. The normalized spacial score (nSPS) is 28.0. The molecule has 1 N–H and O–H groups in total. The van der Waals surface area contributed by atoms with Gasteiger partial charge in [-0.3, -0.25) is 4.99 Å². The van der Waals surface area contributed by atoms with Crippen molar-refractivity contribution in [1.82, 2.24) is 24.7 Å². The van der Waals surface area contributed by atoms with Crippen molar-refractivity contribution in [2.45, 2.75) is 59.0 Å². The lowest BCUT2D eigenvalue weighted by molar-refractivity contribution is 0.142. The second-order valence-corrected chi connectivity index (χ2v) is 8.58. The van der Waals surface area contributed by atoms with Crippen LogP contribution in [0.25, 0.3) is 0 Å². The van der Waals surface area contributed by atoms with Crippen LogP contribution in [0.4, 0.5) is 0 Å². The van der Waals surface area contributed by atoms with Gasteiger partial charge in [0.1, 0.15) is 0 Å². The highest BCUT2D eigenvalue weighted by Crippen LogP contribution is 2.27. The minimum atomic E-state index is 0.469. The van der Waals surface area contributed by atoms with Gasteiger partial charge in [-0.05, 0) is 58.4 Å². The summed E-state index contributed by atoms with van der Waals surface area (Å²) < 4.78 is 2.27. The van der Waals surface area contributed by atoms with E-state index in [0.29, 0.717) is 23.9 Å². The second-order valence-electron chi connectivity index (χ2n) is 8.58. The molecule has 6 heteroatoms. The molecule has 0 aliphatic carbocycles. The van der Waals surface area contributed by atoms with Gasteiger partial charge in [0.15, 0.2) is 5.96 Å². The molecule has 1 aromatic heterocycles. The number of rotatable bonds is 5. The van der Waals surface area contributed by atoms with E-state index < -0.39 is 0 Å². The Morgan fingerprint density at radius 1 is 1.26 bits per heavy atom. The van der Waals surface area contributed by atoms with Gasteiger partial charge >= 0.3 is 0 Å². The first-order valence-corrected chi connectivity index (χ1v) is 10.8. The molecule has 6 nitrogen and oxygen atoms in total. The first-order valence-electron chi connectivity index (χ1n) is 10.8. The second kappa shape index (κ2) is 9.58. The number of guanidine groups is 1. The first-order chi connectivity index (χ1) is 13.1. The number of nitrogens with zero attached hydrogens (tertiary/aromatic N) is 5. The van der Waals surface area contributed by atoms with Crippen molar-refractivity contribution in [3.05, 3.63) is 18.7 Å². The Balaban J connectivity index is 1.64. The highest BCUT2D eigenvalue weighted by atomic mass is 15.3. The van der Waals surface area contributed by atoms with Crippen LogP contribution in [0, 0.1) is 11.8 Å². The molecule has 2 aliphatic heterocycles. The topological polar surface area (TPSA) is 48.7 Å². The van der Waals surface area contributed by atoms with Crippen LogP contribution in [0.5, 0.6) is 0 Å². The summed E-state index contributed by atoms with van der Waals surface area (Å²) in [5.41, 5.74) is 0. The van der Waals surface area contributed by atoms with Gasteiger partial charge in [-0.2, -0.15) is 0 Å². The quantitative estimate of drug-likeness (QED) is 0.636. The average Bonchev–Trinajstić information content (AvgIpc) is 3.20. The molecule has 27 heavy (non-hydrogen) atoms. The summed E-state index contributed by atoms with van der Waals surface area (Å²) in [7, 11) is 0. The molecule has 0 bridgehead atoms. The van der Waals surface area contributed by atoms with Crippen LogP contribution in [0.3, 0.4) is 0 Å². The van der Waals surface area contributed by atoms with Crippen LogP contribution < -0.4 is 5.32 Å². The van der Waals surface area contributed by atoms with Crippen molar-refractivity contribution in [1.29, 1.82) is 0 Å². The molecular weight excluding hydrogens is 336 g/mol. The fraction of sp³-hybridized carbons (Fsp3) is 0.810. The molecule has 2 fully saturated rings. The fourth-order valence-electron chi connectivity index (χ4n) is 4.45. The molecule has 0 amide bonds. The highest BCUT2D eigenvalue weighted by Gasteiger charge is 2.29. The summed E-state index contributed by atoms with van der Waals surface area (Å²) in [6.07, 6.45) is 9.74. The number of piperidine rings is 2. The molecule has 1 aromatic rings. The zero-order chi connectivity index (χ0) is 19.2. The van der Waals surface area contributed by atoms with Crippen LogP contribution >= 0.6 is 0 Å². The van der Waals surface area contributed by atoms with Gasteiger partial charge in [0.2, 0.25) is 0 Å². The summed E-state index contributed by atoms with van der Waals surface area (Å²) in [5.74, 6) is 2.44. The number of hydrogen-bond acceptors (Lipinski definition) is 3. The van der Waals surface area contributed by atoms with E-state index in [-0.39, 0.29) is 0 Å². The van der Waals surface area contributed by atoms with Crippen LogP contribution in [0.2, 0.25) is 0 Å². The number of nitrogens with one attached hydrogen (secondary N) is 1. The molecule has 152 valence electrons. The number of hydrogen-bond donors (Lipinski definition) is 1. The van der Waals surface area contributed by atoms with Crippen molar-refractivity contribution >= 4 is 5.96 Å². The maximum atomic E-state index is 5.08. The standard InChI is InChI=1S/C21H38N6/c1-5-23-21(24-13-19-7-6-10-25(14-19)17(2)3)26-11-8-18(4)20(15-26)27-12-9-22-16-27/h9,12,16-20H,5-8,10-11,13-15H2,1-4H3,(H,23,24). The van der Waals surface area contributed by atoms with Crippen LogP contribution in [-0.4, -0.2) is 70.6 Å². The number of likely N-dealkylation sites (tertiary alicyclic amines) is 2. The largest absolute Gasteiger partial charge is 0.357 e. The monoisotopic (exact) mass is 374 g/mol. The Morgan fingerprint density at radius 2 is 2.11 bits per heavy atom. The lowest BCUT2D eigenvalue weighted by Gasteiger charge is -2.39. The molecule has 0 radical (unpaired) electrons. The van der Waals surface area contributed by atoms with Gasteiger partial charge in [-0.1, -0.05) is 6.92 Å². The van der Waals surface area contributed by atoms with E-state index in [4.69, 9.17) is 4.99 Å². The van der Waals surface area contributed by atoms with Gasteiger partial charge < -0.3 is 19.7 Å². The van der Waals surface area contributed by atoms with E-state index >= 15 is 0 Å². The maximum absolute atomic E-state index is 5.08. The summed E-state index contributed by atoms with van der Waals surface area (Å²) in [6, 6.07) is 1.11. The molecule has 0 aromatic carbocycles. The van der Waals surface area contributed by atoms with E-state index in [9.17, 15) is 0 Å². The van der Waals surface area contributed by atoms with Crippen molar-refractivity contribution in [3.63, 3.8) is 0 Å². The van der Waals surface area contributed by atoms with E-state index in [1.54, 1.807) is 0 Å². The SMILES string of the molecule is CCNC(=NCC1CCCN(C(C)C)C1)N1CCC(C)C(n2ccnc2)C1. The highest BCUT2D eigenvalue weighted by molar-refractivity contribution is 5.80. The number of aliphatic imine (C=N–C) groups is 1. The smallest absolute Gasteiger partial charge is 0.193 e. The van der Waals surface area contributed by atoms with Gasteiger partial charge in [0.05, 0.1) is 12.4 Å². The van der Waals surface area contributed by atoms with E-state index in [1.165, 1.54) is 32.4 Å². The van der Waals surface area contributed by atoms with Crippen LogP contribution in [0.1, 0.15) is 53.0 Å². The molecule has 3 rings (SSSR count). The van der Waals surface area contributed by atoms with Gasteiger partial charge in [0, 0.05) is 51.2 Å². The molecule has 2 saturated heterocycles. The minimum absolute atomic E-state index is 0.469. The van der Waals surface area contributed by atoms with E-state index in [2.05, 4.69) is 58.6 Å². The molecule has 3 atom stereocenters. The van der Waals surface area contributed by atoms with Crippen molar-refractivity contribution in [2.24, 2.45) is 16.8 Å². The number of imidazole rings is 1. The van der Waals surface area contributed by atoms with Crippen molar-refractivity contribution < 1.29 is 0 Å². The summed E-state index contributed by atoms with van der Waals surface area (Å²) in [4.78, 5) is 14.4. The lowest BCUT2D eigenvalue weighted by atomic mass is 9.93. The molecule has 0 spiro atoms. The van der Waals surface area contributed by atoms with Crippen molar-refractivity contribution in [2.75, 3.05) is 39.3 Å². The third-order valence-corrected chi connectivity index (χ3v) is 6.24. The lowest BCUT2D eigenvalue weighted by Crippen LogP contribution is -2.49. The Hall–Kier alpha value is -1.56. The predicted molar refractivity (Wildman–Crippen MR) is 112 cm³/mol. The van der Waals surface area contributed by atoms with E-state index in [0.717, 1.165) is 32.1 Å². The Kier molecular flexibility index (Phi) is 7.16. The van der Waals surface area contributed by atoms with Crippen LogP contribution in [0.15, 0.2) is 23.7 Å². The first kappa shape index (κ1) is 20.2. The Morgan fingerprint density at radius 3 is 2.81 bits per heavy atom. The molecule has 0 saturated carbocycles. The average molecular weight is 375 g/mol. The summed E-state index contributed by atoms with van der Waals surface area (Å²) in [6.45, 7) is 15.5. The summed E-state index contributed by atoms with van der Waals surface area (Å²) in [5, 5.41) is 3.54. The third kappa shape index (κ3) is 5.24. The molecular formula is C21H38N6. The van der Waals surface area contributed by atoms with Gasteiger partial charge in [-0.25, -0.2) is 4.98 Å². The maximum Gasteiger partial charge on any atom is 0.193 e. The van der Waals surface area contributed by atoms with Crippen molar-refractivity contribution in [3.8, 4) is 0 Å². The molecule has 2 aliphatic rings. The zero-order valence-electron chi connectivity index (χ0n) is 17.6. The zero-order valence-corrected chi connectivity index (χ0v) is 17.6. The fourth-order valence-corrected chi connectivity index (χ4v) is 4.45. The van der Waals surface area contributed by atoms with Gasteiger partial charge in [0.25, 0.3) is 0 Å². The Bertz CT molecular complexity index is 582. The van der Waals surface area contributed by atoms with Gasteiger partial charge in [-0.15, -0.1) is 0 Å². The minimum Gasteiger partial charge on any atom is -0.357 e. The molecule has 3 heterocycles. The third-order valence-electron chi connectivity index (χ3n) is 6.24. The van der Waals surface area contributed by atoms with E-state index in [1.807, 2.05) is 12.5 Å². The Labute approximate surface area is 165 Å². The number of aromatic nitrogens is 2.